The van der Waals surface area contributed by atoms with Crippen LogP contribution in [0, 0.1) is 0 Å². The third-order valence-corrected chi connectivity index (χ3v) is 4.81. The highest BCUT2D eigenvalue weighted by molar-refractivity contribution is 7.90. The zero-order valence-electron chi connectivity index (χ0n) is 11.9. The molecular weight excluding hydrogens is 290 g/mol. The van der Waals surface area contributed by atoms with Crippen LogP contribution in [0.4, 0.5) is 5.69 Å². The van der Waals surface area contributed by atoms with Crippen LogP contribution in [0.5, 0.6) is 11.5 Å². The fraction of sp³-hybridized carbons (Fsp3) is 0.200. The Bertz CT molecular complexity index is 741. The van der Waals surface area contributed by atoms with Crippen molar-refractivity contribution in [1.82, 2.24) is 0 Å². The first-order valence-electron chi connectivity index (χ1n) is 6.26. The van der Waals surface area contributed by atoms with Crippen molar-refractivity contribution in [3.63, 3.8) is 0 Å². The monoisotopic (exact) mass is 307 g/mol. The summed E-state index contributed by atoms with van der Waals surface area (Å²) < 4.78 is 35.2. The smallest absolute Gasteiger partial charge is 0.184 e. The predicted molar refractivity (Wildman–Crippen MR) is 81.3 cm³/mol. The molecule has 0 unspecified atom stereocenters. The topological polar surface area (TPSA) is 78.6 Å². The van der Waals surface area contributed by atoms with Gasteiger partial charge in [-0.1, -0.05) is 18.2 Å². The van der Waals surface area contributed by atoms with Gasteiger partial charge in [-0.25, -0.2) is 8.42 Å². The summed E-state index contributed by atoms with van der Waals surface area (Å²) in [6.45, 7) is 0. The van der Waals surface area contributed by atoms with Gasteiger partial charge < -0.3 is 15.2 Å². The average molecular weight is 307 g/mol. The van der Waals surface area contributed by atoms with Crippen LogP contribution in [0.1, 0.15) is 5.56 Å². The van der Waals surface area contributed by atoms with Gasteiger partial charge in [-0.2, -0.15) is 0 Å². The van der Waals surface area contributed by atoms with Crippen molar-refractivity contribution in [2.45, 2.75) is 10.6 Å². The normalized spacial score (nSPS) is 11.1. The molecule has 21 heavy (non-hydrogen) atoms. The van der Waals surface area contributed by atoms with Crippen LogP contribution < -0.4 is 15.2 Å². The zero-order valence-corrected chi connectivity index (χ0v) is 12.7. The third kappa shape index (κ3) is 3.28. The van der Waals surface area contributed by atoms with Gasteiger partial charge in [0.05, 0.1) is 30.6 Å². The minimum atomic E-state index is -3.51. The van der Waals surface area contributed by atoms with E-state index in [-0.39, 0.29) is 16.3 Å². The molecule has 0 aromatic heterocycles. The number of para-hydroxylation sites is 1. The maximum Gasteiger partial charge on any atom is 0.184 e. The zero-order chi connectivity index (χ0) is 15.5. The summed E-state index contributed by atoms with van der Waals surface area (Å²) in [7, 11) is -0.478. The molecule has 2 N–H and O–H groups in total. The quantitative estimate of drug-likeness (QED) is 0.857. The van der Waals surface area contributed by atoms with Crippen LogP contribution in [0.3, 0.4) is 0 Å². The molecule has 0 saturated heterocycles. The second-order valence-corrected chi connectivity index (χ2v) is 6.44. The summed E-state index contributed by atoms with van der Waals surface area (Å²) in [6.07, 6.45) is 0. The van der Waals surface area contributed by atoms with Gasteiger partial charge in [-0.15, -0.1) is 0 Å². The fourth-order valence-corrected chi connectivity index (χ4v) is 3.52. The lowest BCUT2D eigenvalue weighted by molar-refractivity contribution is 0.354. The Kier molecular flexibility index (Phi) is 4.37. The fourth-order valence-electron chi connectivity index (χ4n) is 2.03. The Morgan fingerprint density at radius 3 is 2.29 bits per heavy atom. The molecule has 0 bridgehead atoms. The SMILES string of the molecule is COc1ccc(CS(=O)(=O)c2ccccc2N)cc1OC. The number of nitrogens with two attached hydrogens (primary N) is 1. The molecule has 0 heterocycles. The number of sulfone groups is 1. The maximum absolute atomic E-state index is 12.4. The highest BCUT2D eigenvalue weighted by atomic mass is 32.2. The summed E-state index contributed by atoms with van der Waals surface area (Å²) in [5.41, 5.74) is 6.59. The average Bonchev–Trinajstić information content (AvgIpc) is 2.47. The number of rotatable bonds is 5. The van der Waals surface area contributed by atoms with E-state index in [2.05, 4.69) is 0 Å². The van der Waals surface area contributed by atoms with E-state index in [9.17, 15) is 8.42 Å². The number of hydrogen-bond donors (Lipinski definition) is 1. The molecule has 0 spiro atoms. The molecule has 0 amide bonds. The van der Waals surface area contributed by atoms with Crippen LogP contribution >= 0.6 is 0 Å². The first kappa shape index (κ1) is 15.2. The Balaban J connectivity index is 2.35. The lowest BCUT2D eigenvalue weighted by Crippen LogP contribution is -2.08. The van der Waals surface area contributed by atoms with Crippen molar-refractivity contribution in [1.29, 1.82) is 0 Å². The van der Waals surface area contributed by atoms with Crippen molar-refractivity contribution in [2.24, 2.45) is 0 Å². The molecule has 112 valence electrons. The number of ether oxygens (including phenoxy) is 2. The van der Waals surface area contributed by atoms with Crippen molar-refractivity contribution in [3.8, 4) is 11.5 Å². The Labute approximate surface area is 124 Å². The number of benzene rings is 2. The summed E-state index contributed by atoms with van der Waals surface area (Å²) in [5.74, 6) is 0.894. The Morgan fingerprint density at radius 2 is 1.67 bits per heavy atom. The molecule has 0 fully saturated rings. The number of methoxy groups -OCH3 is 2. The van der Waals surface area contributed by atoms with Gasteiger partial charge in [0.1, 0.15) is 0 Å². The predicted octanol–water partition coefficient (Wildman–Crippen LogP) is 2.26. The third-order valence-electron chi connectivity index (χ3n) is 3.06. The van der Waals surface area contributed by atoms with E-state index < -0.39 is 9.84 Å². The van der Waals surface area contributed by atoms with E-state index in [0.29, 0.717) is 17.1 Å². The van der Waals surface area contributed by atoms with E-state index in [1.165, 1.54) is 20.3 Å². The van der Waals surface area contributed by atoms with Gasteiger partial charge in [0.15, 0.2) is 21.3 Å². The molecule has 0 aliphatic heterocycles. The maximum atomic E-state index is 12.4. The summed E-state index contributed by atoms with van der Waals surface area (Å²) >= 11 is 0. The number of hydrogen-bond acceptors (Lipinski definition) is 5. The van der Waals surface area contributed by atoms with Crippen molar-refractivity contribution < 1.29 is 17.9 Å². The van der Waals surface area contributed by atoms with Crippen molar-refractivity contribution >= 4 is 15.5 Å². The molecule has 5 nitrogen and oxygen atoms in total. The van der Waals surface area contributed by atoms with E-state index >= 15 is 0 Å². The molecule has 0 radical (unpaired) electrons. The Hall–Kier alpha value is -2.21. The molecule has 2 rings (SSSR count). The van der Waals surface area contributed by atoms with Gasteiger partial charge >= 0.3 is 0 Å². The van der Waals surface area contributed by atoms with E-state index in [4.69, 9.17) is 15.2 Å². The van der Waals surface area contributed by atoms with E-state index in [0.717, 1.165) is 0 Å². The second-order valence-electron chi connectivity index (χ2n) is 4.49. The van der Waals surface area contributed by atoms with Gasteiger partial charge in [0.2, 0.25) is 0 Å². The number of anilines is 1. The van der Waals surface area contributed by atoms with Crippen LogP contribution in [-0.4, -0.2) is 22.6 Å². The van der Waals surface area contributed by atoms with E-state index in [1.54, 1.807) is 36.4 Å². The second kappa shape index (κ2) is 6.05. The molecule has 6 heteroatoms. The molecule has 0 aliphatic carbocycles. The molecular formula is C15H17NO4S. The number of nitrogen functional groups attached to an aromatic ring is 1. The first-order valence-corrected chi connectivity index (χ1v) is 7.91. The van der Waals surface area contributed by atoms with Gasteiger partial charge in [-0.05, 0) is 29.8 Å². The highest BCUT2D eigenvalue weighted by Crippen LogP contribution is 2.29. The molecule has 0 aliphatic rings. The molecule has 2 aromatic carbocycles. The molecule has 2 aromatic rings. The standard InChI is InChI=1S/C15H17NO4S/c1-19-13-8-7-11(9-14(13)20-2)10-21(17,18)15-6-4-3-5-12(15)16/h3-9H,10,16H2,1-2H3. The van der Waals surface area contributed by atoms with Crippen molar-refractivity contribution in [3.05, 3.63) is 48.0 Å². The van der Waals surface area contributed by atoms with Crippen molar-refractivity contribution in [2.75, 3.05) is 20.0 Å². The van der Waals surface area contributed by atoms with Crippen LogP contribution in [0.25, 0.3) is 0 Å². The van der Waals surface area contributed by atoms with Gasteiger partial charge in [-0.3, -0.25) is 0 Å². The lowest BCUT2D eigenvalue weighted by Gasteiger charge is -2.11. The Morgan fingerprint density at radius 1 is 1.00 bits per heavy atom. The lowest BCUT2D eigenvalue weighted by atomic mass is 10.2. The van der Waals surface area contributed by atoms with Crippen LogP contribution in [0.2, 0.25) is 0 Å². The molecule has 0 saturated carbocycles. The summed E-state index contributed by atoms with van der Waals surface area (Å²) in [4.78, 5) is 0.139. The summed E-state index contributed by atoms with van der Waals surface area (Å²) in [5, 5.41) is 0. The van der Waals surface area contributed by atoms with Crippen LogP contribution in [0.15, 0.2) is 47.4 Å². The minimum absolute atomic E-state index is 0.139. The van der Waals surface area contributed by atoms with Gasteiger partial charge in [0.25, 0.3) is 0 Å². The first-order chi connectivity index (χ1) is 9.97. The molecule has 0 atom stereocenters. The highest BCUT2D eigenvalue weighted by Gasteiger charge is 2.19. The summed E-state index contributed by atoms with van der Waals surface area (Å²) in [6, 6.07) is 11.4. The van der Waals surface area contributed by atoms with Gasteiger partial charge in [0, 0.05) is 0 Å². The van der Waals surface area contributed by atoms with Crippen LogP contribution in [-0.2, 0) is 15.6 Å². The van der Waals surface area contributed by atoms with E-state index in [1.807, 2.05) is 0 Å². The largest absolute Gasteiger partial charge is 0.493 e. The minimum Gasteiger partial charge on any atom is -0.493 e.